The highest BCUT2D eigenvalue weighted by Gasteiger charge is 2.02. The summed E-state index contributed by atoms with van der Waals surface area (Å²) in [4.78, 5) is 3.12. The Hall–Kier alpha value is -1.43. The largest absolute Gasteiger partial charge is 0.458 e. The van der Waals surface area contributed by atoms with Crippen molar-refractivity contribution in [1.29, 1.82) is 0 Å². The molecule has 0 aliphatic carbocycles. The molecule has 0 aliphatic heterocycles. The third-order valence-electron chi connectivity index (χ3n) is 0.984. The molecule has 0 radical (unpaired) electrons. The lowest BCUT2D eigenvalue weighted by atomic mass is 10.4. The molecule has 0 spiro atoms. The Morgan fingerprint density at radius 2 is 2.44 bits per heavy atom. The summed E-state index contributed by atoms with van der Waals surface area (Å²) >= 11 is 0. The number of anilines is 1. The van der Waals surface area contributed by atoms with Gasteiger partial charge in [-0.1, -0.05) is 0 Å². The average molecular weight is 122 g/mol. The van der Waals surface area contributed by atoms with Crippen LogP contribution in [0.2, 0.25) is 0 Å². The van der Waals surface area contributed by atoms with Gasteiger partial charge in [-0.3, -0.25) is 0 Å². The highest BCUT2D eigenvalue weighted by molar-refractivity contribution is 5.61. The molecule has 0 saturated heterocycles. The van der Waals surface area contributed by atoms with Gasteiger partial charge in [0.05, 0.1) is 12.3 Å². The van der Waals surface area contributed by atoms with Crippen LogP contribution < -0.4 is 5.73 Å². The van der Waals surface area contributed by atoms with Crippen LogP contribution >= 0.6 is 0 Å². The van der Waals surface area contributed by atoms with Crippen molar-refractivity contribution in [3.63, 3.8) is 0 Å². The summed E-state index contributed by atoms with van der Waals surface area (Å²) in [5.41, 5.74) is 5.67. The number of rotatable bonds is 0. The molecule has 0 atom stereocenters. The first-order valence-electron chi connectivity index (χ1n) is 2.47. The molecule has 46 valence electrons. The first-order valence-corrected chi connectivity index (χ1v) is 2.47. The van der Waals surface area contributed by atoms with E-state index in [9.17, 15) is 0 Å². The Morgan fingerprint density at radius 1 is 1.78 bits per heavy atom. The van der Waals surface area contributed by atoms with Gasteiger partial charge in [-0.25, -0.2) is 4.85 Å². The van der Waals surface area contributed by atoms with E-state index in [-0.39, 0.29) is 5.88 Å². The van der Waals surface area contributed by atoms with Crippen LogP contribution in [-0.4, -0.2) is 0 Å². The zero-order valence-corrected chi connectivity index (χ0v) is 5.01. The van der Waals surface area contributed by atoms with Gasteiger partial charge in [0.1, 0.15) is 0 Å². The summed E-state index contributed by atoms with van der Waals surface area (Å²) in [6.45, 7) is 8.34. The van der Waals surface area contributed by atoms with E-state index in [0.717, 1.165) is 0 Å². The first kappa shape index (κ1) is 5.70. The van der Waals surface area contributed by atoms with Gasteiger partial charge in [-0.15, -0.1) is 0 Å². The Labute approximate surface area is 52.9 Å². The van der Waals surface area contributed by atoms with Gasteiger partial charge in [0, 0.05) is 0 Å². The van der Waals surface area contributed by atoms with Crippen LogP contribution in [0.15, 0.2) is 10.5 Å². The van der Waals surface area contributed by atoms with Crippen molar-refractivity contribution in [3.8, 4) is 0 Å². The Kier molecular flexibility index (Phi) is 1.16. The standard InChI is InChI=1S/C6H6N2O/c1-4-3-5(8-2)6(7)9-4/h3H,7H2,1H3. The quantitative estimate of drug-likeness (QED) is 0.532. The molecule has 0 fully saturated rings. The Bertz CT molecular complexity index is 257. The molecular weight excluding hydrogens is 116 g/mol. The molecule has 1 rings (SSSR count). The Morgan fingerprint density at radius 3 is 2.67 bits per heavy atom. The normalized spacial score (nSPS) is 8.89. The lowest BCUT2D eigenvalue weighted by Crippen LogP contribution is -1.76. The van der Waals surface area contributed by atoms with E-state index in [1.807, 2.05) is 0 Å². The van der Waals surface area contributed by atoms with Crippen molar-refractivity contribution in [2.24, 2.45) is 0 Å². The van der Waals surface area contributed by atoms with E-state index in [1.54, 1.807) is 13.0 Å². The molecule has 1 aromatic rings. The van der Waals surface area contributed by atoms with Crippen LogP contribution in [0.4, 0.5) is 11.6 Å². The first-order chi connectivity index (χ1) is 4.24. The summed E-state index contributed by atoms with van der Waals surface area (Å²) in [5, 5.41) is 0. The number of furan rings is 1. The van der Waals surface area contributed by atoms with Gasteiger partial charge in [0.2, 0.25) is 5.69 Å². The summed E-state index contributed by atoms with van der Waals surface area (Å²) in [5.74, 6) is 0.890. The fourth-order valence-electron chi connectivity index (χ4n) is 0.606. The smallest absolute Gasteiger partial charge is 0.248 e. The zero-order valence-electron chi connectivity index (χ0n) is 5.01. The minimum Gasteiger partial charge on any atom is -0.458 e. The molecule has 0 bridgehead atoms. The van der Waals surface area contributed by atoms with E-state index in [2.05, 4.69) is 4.85 Å². The number of nitrogens with two attached hydrogens (primary N) is 1. The van der Waals surface area contributed by atoms with Crippen LogP contribution in [-0.2, 0) is 0 Å². The molecule has 3 heteroatoms. The van der Waals surface area contributed by atoms with Gasteiger partial charge in [0.15, 0.2) is 5.88 Å². The molecule has 0 aromatic carbocycles. The van der Waals surface area contributed by atoms with E-state index < -0.39 is 0 Å². The molecule has 0 saturated carbocycles. The number of nitrogen functional groups attached to an aromatic ring is 1. The fourth-order valence-corrected chi connectivity index (χ4v) is 0.606. The highest BCUT2D eigenvalue weighted by atomic mass is 16.4. The van der Waals surface area contributed by atoms with Gasteiger partial charge in [-0.05, 0) is 13.0 Å². The molecule has 0 unspecified atom stereocenters. The maximum absolute atomic E-state index is 6.58. The maximum Gasteiger partial charge on any atom is 0.248 e. The van der Waals surface area contributed by atoms with Crippen LogP contribution in [0.1, 0.15) is 5.76 Å². The van der Waals surface area contributed by atoms with Crippen LogP contribution in [0, 0.1) is 13.5 Å². The average Bonchev–Trinajstić information content (AvgIpc) is 2.10. The topological polar surface area (TPSA) is 43.5 Å². The minimum absolute atomic E-state index is 0.211. The number of nitrogens with zero attached hydrogens (tertiary/aromatic N) is 1. The predicted octanol–water partition coefficient (Wildman–Crippen LogP) is 1.72. The van der Waals surface area contributed by atoms with Crippen molar-refractivity contribution in [3.05, 3.63) is 23.2 Å². The van der Waals surface area contributed by atoms with Crippen molar-refractivity contribution >= 4 is 11.6 Å². The maximum atomic E-state index is 6.58. The third-order valence-corrected chi connectivity index (χ3v) is 0.984. The summed E-state index contributed by atoms with van der Waals surface area (Å²) in [7, 11) is 0. The molecule has 0 amide bonds. The van der Waals surface area contributed by atoms with Crippen molar-refractivity contribution < 1.29 is 4.42 Å². The fraction of sp³-hybridized carbons (Fsp3) is 0.167. The zero-order chi connectivity index (χ0) is 6.85. The molecule has 3 nitrogen and oxygen atoms in total. The van der Waals surface area contributed by atoms with Crippen LogP contribution in [0.5, 0.6) is 0 Å². The summed E-state index contributed by atoms with van der Waals surface area (Å²) in [6.07, 6.45) is 0. The Balaban J connectivity index is 3.20. The van der Waals surface area contributed by atoms with E-state index >= 15 is 0 Å². The lowest BCUT2D eigenvalue weighted by molar-refractivity contribution is 0.554. The molecule has 9 heavy (non-hydrogen) atoms. The second-order valence-electron chi connectivity index (χ2n) is 1.72. The number of hydrogen-bond donors (Lipinski definition) is 1. The molecule has 1 heterocycles. The van der Waals surface area contributed by atoms with Crippen molar-refractivity contribution in [2.45, 2.75) is 6.92 Å². The van der Waals surface area contributed by atoms with Crippen LogP contribution in [0.25, 0.3) is 4.85 Å². The molecule has 0 aliphatic rings. The van der Waals surface area contributed by atoms with Crippen molar-refractivity contribution in [1.82, 2.24) is 0 Å². The lowest BCUT2D eigenvalue weighted by Gasteiger charge is -1.80. The molecule has 2 N–H and O–H groups in total. The van der Waals surface area contributed by atoms with Gasteiger partial charge in [-0.2, -0.15) is 0 Å². The summed E-state index contributed by atoms with van der Waals surface area (Å²) < 4.78 is 4.87. The van der Waals surface area contributed by atoms with E-state index in [1.165, 1.54) is 0 Å². The third kappa shape index (κ3) is 0.868. The second-order valence-corrected chi connectivity index (χ2v) is 1.72. The highest BCUT2D eigenvalue weighted by Crippen LogP contribution is 2.25. The summed E-state index contributed by atoms with van der Waals surface area (Å²) in [6, 6.07) is 1.61. The van der Waals surface area contributed by atoms with E-state index in [4.69, 9.17) is 16.7 Å². The molecular formula is C6H6N2O. The van der Waals surface area contributed by atoms with Gasteiger partial charge >= 0.3 is 0 Å². The number of aryl methyl sites for hydroxylation is 1. The van der Waals surface area contributed by atoms with Crippen molar-refractivity contribution in [2.75, 3.05) is 5.73 Å². The van der Waals surface area contributed by atoms with Crippen LogP contribution in [0.3, 0.4) is 0 Å². The molecule has 1 aromatic heterocycles. The SMILES string of the molecule is [C-]#[N+]c1cc(C)oc1N. The van der Waals surface area contributed by atoms with Gasteiger partial charge in [0.25, 0.3) is 0 Å². The minimum atomic E-state index is 0.211. The number of hydrogen-bond acceptors (Lipinski definition) is 2. The monoisotopic (exact) mass is 122 g/mol. The van der Waals surface area contributed by atoms with Gasteiger partial charge < -0.3 is 10.2 Å². The second kappa shape index (κ2) is 1.82. The van der Waals surface area contributed by atoms with E-state index in [0.29, 0.717) is 11.4 Å². The predicted molar refractivity (Wildman–Crippen MR) is 34.1 cm³/mol.